The summed E-state index contributed by atoms with van der Waals surface area (Å²) in [5.74, 6) is 0.166. The summed E-state index contributed by atoms with van der Waals surface area (Å²) in [6.45, 7) is 3.45. The molecule has 0 aliphatic carbocycles. The van der Waals surface area contributed by atoms with Crippen LogP contribution in [0.5, 0.6) is 5.75 Å². The van der Waals surface area contributed by atoms with Crippen LogP contribution in [0.3, 0.4) is 0 Å². The van der Waals surface area contributed by atoms with Crippen LogP contribution in [-0.4, -0.2) is 38.8 Å². The quantitative estimate of drug-likeness (QED) is 0.812. The van der Waals surface area contributed by atoms with E-state index in [1.807, 2.05) is 6.92 Å². The number of anilines is 1. The number of carbonyl (C=O) groups excluding carboxylic acids is 1. The van der Waals surface area contributed by atoms with E-state index in [0.717, 1.165) is 9.87 Å². The van der Waals surface area contributed by atoms with Crippen LogP contribution in [0.25, 0.3) is 0 Å². The minimum atomic E-state index is -3.58. The average molecular weight is 397 g/mol. The molecule has 0 heterocycles. The summed E-state index contributed by atoms with van der Waals surface area (Å²) in [6.07, 6.45) is -0.774. The summed E-state index contributed by atoms with van der Waals surface area (Å²) in [6, 6.07) is 11.2. The third kappa shape index (κ3) is 4.75. The van der Waals surface area contributed by atoms with E-state index in [9.17, 15) is 13.2 Å². The fraction of sp³-hybridized carbons (Fsp3) is 0.278. The van der Waals surface area contributed by atoms with Crippen LogP contribution in [0.1, 0.15) is 12.5 Å². The Morgan fingerprint density at radius 3 is 2.50 bits per heavy atom. The zero-order chi connectivity index (χ0) is 19.5. The Hall–Kier alpha value is -2.09. The van der Waals surface area contributed by atoms with Crippen molar-refractivity contribution in [3.8, 4) is 5.75 Å². The molecule has 1 amide bonds. The van der Waals surface area contributed by atoms with Crippen molar-refractivity contribution in [3.63, 3.8) is 0 Å². The molecule has 26 heavy (non-hydrogen) atoms. The van der Waals surface area contributed by atoms with E-state index in [0.29, 0.717) is 16.5 Å². The Morgan fingerprint density at radius 1 is 1.19 bits per heavy atom. The minimum Gasteiger partial charge on any atom is -0.481 e. The second-order valence-corrected chi connectivity index (χ2v) is 8.56. The molecule has 0 bridgehead atoms. The van der Waals surface area contributed by atoms with E-state index in [1.54, 1.807) is 37.3 Å². The zero-order valence-corrected chi connectivity index (χ0v) is 16.6. The van der Waals surface area contributed by atoms with Crippen molar-refractivity contribution in [2.24, 2.45) is 0 Å². The lowest BCUT2D eigenvalue weighted by molar-refractivity contribution is -0.122. The van der Waals surface area contributed by atoms with Crippen molar-refractivity contribution in [2.45, 2.75) is 24.8 Å². The van der Waals surface area contributed by atoms with Crippen LogP contribution in [0, 0.1) is 6.92 Å². The van der Waals surface area contributed by atoms with Gasteiger partial charge in [0, 0.05) is 24.8 Å². The van der Waals surface area contributed by atoms with Gasteiger partial charge in [0.1, 0.15) is 5.75 Å². The number of benzene rings is 2. The fourth-order valence-corrected chi connectivity index (χ4v) is 3.35. The van der Waals surface area contributed by atoms with Crippen molar-refractivity contribution < 1.29 is 17.9 Å². The highest BCUT2D eigenvalue weighted by Gasteiger charge is 2.19. The molecule has 2 rings (SSSR count). The summed E-state index contributed by atoms with van der Waals surface area (Å²) in [5, 5.41) is 3.26. The average Bonchev–Trinajstić information content (AvgIpc) is 2.57. The van der Waals surface area contributed by atoms with Gasteiger partial charge in [0.2, 0.25) is 10.0 Å². The maximum Gasteiger partial charge on any atom is 0.265 e. The van der Waals surface area contributed by atoms with Gasteiger partial charge in [-0.15, -0.1) is 0 Å². The largest absolute Gasteiger partial charge is 0.481 e. The van der Waals surface area contributed by atoms with Gasteiger partial charge < -0.3 is 10.1 Å². The number of carbonyl (C=O) groups is 1. The highest BCUT2D eigenvalue weighted by molar-refractivity contribution is 7.89. The van der Waals surface area contributed by atoms with Crippen LogP contribution in [0.15, 0.2) is 47.4 Å². The molecule has 1 atom stereocenters. The van der Waals surface area contributed by atoms with Gasteiger partial charge in [-0.1, -0.05) is 17.7 Å². The molecular weight excluding hydrogens is 376 g/mol. The Kier molecular flexibility index (Phi) is 6.28. The van der Waals surface area contributed by atoms with E-state index in [2.05, 4.69) is 5.32 Å². The van der Waals surface area contributed by atoms with Gasteiger partial charge >= 0.3 is 0 Å². The molecule has 0 fully saturated rings. The number of sulfonamides is 1. The third-order valence-electron chi connectivity index (χ3n) is 3.69. The van der Waals surface area contributed by atoms with Gasteiger partial charge in [-0.25, -0.2) is 12.7 Å². The smallest absolute Gasteiger partial charge is 0.265 e. The normalized spacial score (nSPS) is 12.7. The standard InChI is InChI=1S/C18H21ClN2O4S/c1-12-10-14(19)8-9-17(12)25-13(2)18(22)20-15-6-5-7-16(11-15)26(23,24)21(3)4/h5-11,13H,1-4H3,(H,20,22). The number of amides is 1. The molecule has 0 saturated carbocycles. The predicted molar refractivity (Wildman–Crippen MR) is 102 cm³/mol. The predicted octanol–water partition coefficient (Wildman–Crippen LogP) is 3.30. The van der Waals surface area contributed by atoms with E-state index < -0.39 is 22.0 Å². The molecule has 0 spiro atoms. The summed E-state index contributed by atoms with van der Waals surface area (Å²) < 4.78 is 31.2. The summed E-state index contributed by atoms with van der Waals surface area (Å²) in [4.78, 5) is 12.5. The lowest BCUT2D eigenvalue weighted by atomic mass is 10.2. The van der Waals surface area contributed by atoms with Gasteiger partial charge in [-0.2, -0.15) is 0 Å². The highest BCUT2D eigenvalue weighted by Crippen LogP contribution is 2.23. The molecule has 0 aliphatic rings. The Morgan fingerprint density at radius 2 is 1.88 bits per heavy atom. The Bertz CT molecular complexity index is 913. The van der Waals surface area contributed by atoms with Gasteiger partial charge in [0.25, 0.3) is 5.91 Å². The molecular formula is C18H21ClN2O4S. The number of nitrogens with zero attached hydrogens (tertiary/aromatic N) is 1. The lowest BCUT2D eigenvalue weighted by Crippen LogP contribution is -2.30. The fourth-order valence-electron chi connectivity index (χ4n) is 2.18. The van der Waals surface area contributed by atoms with Crippen LogP contribution in [0.2, 0.25) is 5.02 Å². The molecule has 2 aromatic rings. The number of halogens is 1. The zero-order valence-electron chi connectivity index (χ0n) is 15.0. The van der Waals surface area contributed by atoms with Crippen molar-refractivity contribution in [2.75, 3.05) is 19.4 Å². The molecule has 0 saturated heterocycles. The van der Waals surface area contributed by atoms with E-state index >= 15 is 0 Å². The molecule has 1 N–H and O–H groups in total. The molecule has 8 heteroatoms. The molecule has 0 aromatic heterocycles. The van der Waals surface area contributed by atoms with Crippen molar-refractivity contribution in [3.05, 3.63) is 53.1 Å². The summed E-state index contributed by atoms with van der Waals surface area (Å²) in [5.41, 5.74) is 1.19. The summed E-state index contributed by atoms with van der Waals surface area (Å²) in [7, 11) is -0.677. The third-order valence-corrected chi connectivity index (χ3v) is 5.74. The van der Waals surface area contributed by atoms with E-state index in [-0.39, 0.29) is 4.90 Å². The first-order valence-corrected chi connectivity index (χ1v) is 9.69. The summed E-state index contributed by atoms with van der Waals surface area (Å²) >= 11 is 5.91. The topological polar surface area (TPSA) is 75.7 Å². The number of hydrogen-bond acceptors (Lipinski definition) is 4. The van der Waals surface area contributed by atoms with Gasteiger partial charge in [-0.05, 0) is 55.8 Å². The first-order valence-electron chi connectivity index (χ1n) is 7.87. The van der Waals surface area contributed by atoms with Crippen LogP contribution in [-0.2, 0) is 14.8 Å². The first kappa shape index (κ1) is 20.2. The maximum atomic E-state index is 12.4. The van der Waals surface area contributed by atoms with Gasteiger partial charge in [-0.3, -0.25) is 4.79 Å². The van der Waals surface area contributed by atoms with Crippen LogP contribution >= 0.6 is 11.6 Å². The molecule has 1 unspecified atom stereocenters. The van der Waals surface area contributed by atoms with Gasteiger partial charge in [0.15, 0.2) is 6.10 Å². The Labute approximate surface area is 158 Å². The number of rotatable bonds is 6. The molecule has 0 aliphatic heterocycles. The van der Waals surface area contributed by atoms with Crippen molar-refractivity contribution in [1.29, 1.82) is 0 Å². The minimum absolute atomic E-state index is 0.0995. The number of ether oxygens (including phenoxy) is 1. The van der Waals surface area contributed by atoms with Gasteiger partial charge in [0.05, 0.1) is 4.90 Å². The van der Waals surface area contributed by atoms with E-state index in [1.165, 1.54) is 26.2 Å². The monoisotopic (exact) mass is 396 g/mol. The molecule has 2 aromatic carbocycles. The van der Waals surface area contributed by atoms with Crippen LogP contribution < -0.4 is 10.1 Å². The van der Waals surface area contributed by atoms with Crippen LogP contribution in [0.4, 0.5) is 5.69 Å². The van der Waals surface area contributed by atoms with Crippen molar-refractivity contribution in [1.82, 2.24) is 4.31 Å². The first-order chi connectivity index (χ1) is 12.1. The molecule has 0 radical (unpaired) electrons. The second-order valence-electron chi connectivity index (χ2n) is 5.97. The number of nitrogens with one attached hydrogen (secondary N) is 1. The van der Waals surface area contributed by atoms with E-state index in [4.69, 9.17) is 16.3 Å². The maximum absolute atomic E-state index is 12.4. The number of aryl methyl sites for hydroxylation is 1. The lowest BCUT2D eigenvalue weighted by Gasteiger charge is -2.17. The highest BCUT2D eigenvalue weighted by atomic mass is 35.5. The molecule has 6 nitrogen and oxygen atoms in total. The molecule has 140 valence electrons. The SMILES string of the molecule is Cc1cc(Cl)ccc1OC(C)C(=O)Nc1cccc(S(=O)(=O)N(C)C)c1. The number of hydrogen-bond donors (Lipinski definition) is 1. The second kappa shape index (κ2) is 8.07. The van der Waals surface area contributed by atoms with Crippen molar-refractivity contribution >= 4 is 33.2 Å². The Balaban J connectivity index is 2.12.